The van der Waals surface area contributed by atoms with E-state index >= 15 is 0 Å². The Morgan fingerprint density at radius 3 is 1.97 bits per heavy atom. The first-order valence-corrected chi connectivity index (χ1v) is 14.3. The minimum atomic E-state index is -3.92. The standard InChI is InChI=1S/C18H15ClFNO4S.C6H4ClFO2S/c1-25-18(22)5-3-2-4-13-12-14(19)6-11-17(13)21-26(23,24)16-9-7-15(20)8-10-16;7-11(9,10)6-3-1-5(8)2-4-6/h6-12,21H,3,5H2,1H3;1-4H. The quantitative estimate of drug-likeness (QED) is 0.236. The summed E-state index contributed by atoms with van der Waals surface area (Å²) in [6.07, 6.45) is 0.379. The molecule has 0 heterocycles. The minimum Gasteiger partial charge on any atom is -0.469 e. The van der Waals surface area contributed by atoms with Crippen LogP contribution in [0.3, 0.4) is 0 Å². The molecule has 13 heteroatoms. The molecule has 3 rings (SSSR count). The number of esters is 1. The predicted octanol–water partition coefficient (Wildman–Crippen LogP) is 5.34. The van der Waals surface area contributed by atoms with E-state index in [0.717, 1.165) is 48.5 Å². The Hall–Kier alpha value is -3.17. The fourth-order valence-electron chi connectivity index (χ4n) is 2.55. The van der Waals surface area contributed by atoms with Gasteiger partial charge in [0, 0.05) is 22.1 Å². The lowest BCUT2D eigenvalue weighted by molar-refractivity contribution is -0.140. The number of methoxy groups -OCH3 is 1. The van der Waals surface area contributed by atoms with E-state index < -0.39 is 30.7 Å². The summed E-state index contributed by atoms with van der Waals surface area (Å²) < 4.78 is 78.2. The zero-order valence-corrected chi connectivity index (χ0v) is 22.2. The summed E-state index contributed by atoms with van der Waals surface area (Å²) in [5.41, 5.74) is 0.581. The van der Waals surface area contributed by atoms with Gasteiger partial charge in [-0.2, -0.15) is 0 Å². The Labute approximate surface area is 222 Å². The number of nitrogens with one attached hydrogen (secondary N) is 1. The van der Waals surface area contributed by atoms with Crippen LogP contribution in [0, 0.1) is 23.5 Å². The largest absolute Gasteiger partial charge is 0.469 e. The Kier molecular flexibility index (Phi) is 10.9. The average molecular weight is 590 g/mol. The molecule has 0 aliphatic heterocycles. The van der Waals surface area contributed by atoms with Crippen LogP contribution in [0.15, 0.2) is 76.5 Å². The molecule has 0 fully saturated rings. The molecule has 0 spiro atoms. The first-order valence-electron chi connectivity index (χ1n) is 10.2. The van der Waals surface area contributed by atoms with Crippen LogP contribution in [0.1, 0.15) is 18.4 Å². The second-order valence-electron chi connectivity index (χ2n) is 7.02. The van der Waals surface area contributed by atoms with Crippen LogP contribution in [-0.4, -0.2) is 29.9 Å². The third kappa shape index (κ3) is 10.0. The number of hydrogen-bond acceptors (Lipinski definition) is 6. The molecule has 0 aliphatic carbocycles. The van der Waals surface area contributed by atoms with Gasteiger partial charge in [0.2, 0.25) is 0 Å². The van der Waals surface area contributed by atoms with Gasteiger partial charge in [0.15, 0.2) is 0 Å². The number of halogens is 4. The van der Waals surface area contributed by atoms with Crippen LogP contribution in [0.2, 0.25) is 5.02 Å². The molecule has 0 radical (unpaired) electrons. The highest BCUT2D eigenvalue weighted by Crippen LogP contribution is 2.23. The number of anilines is 1. The maximum atomic E-state index is 13.0. The summed E-state index contributed by atoms with van der Waals surface area (Å²) in [5, 5.41) is 0.381. The smallest absolute Gasteiger partial charge is 0.306 e. The molecule has 196 valence electrons. The number of benzene rings is 3. The normalized spacial score (nSPS) is 10.8. The van der Waals surface area contributed by atoms with E-state index in [4.69, 9.17) is 22.3 Å². The second-order valence-corrected chi connectivity index (χ2v) is 11.7. The van der Waals surface area contributed by atoms with Crippen molar-refractivity contribution in [2.45, 2.75) is 22.6 Å². The van der Waals surface area contributed by atoms with Crippen LogP contribution in [0.4, 0.5) is 14.5 Å². The first kappa shape index (κ1) is 30.1. The fraction of sp³-hybridized carbons (Fsp3) is 0.125. The summed E-state index contributed by atoms with van der Waals surface area (Å²) in [6, 6.07) is 13.2. The van der Waals surface area contributed by atoms with Crippen molar-refractivity contribution in [1.29, 1.82) is 0 Å². The highest BCUT2D eigenvalue weighted by molar-refractivity contribution is 8.13. The van der Waals surface area contributed by atoms with E-state index in [2.05, 4.69) is 21.3 Å². The Bertz CT molecular complexity index is 1520. The van der Waals surface area contributed by atoms with E-state index in [1.807, 2.05) is 0 Å². The maximum Gasteiger partial charge on any atom is 0.306 e. The lowest BCUT2D eigenvalue weighted by Crippen LogP contribution is -2.13. The summed E-state index contributed by atoms with van der Waals surface area (Å²) in [4.78, 5) is 10.9. The molecule has 0 bridgehead atoms. The summed E-state index contributed by atoms with van der Waals surface area (Å²) in [5.74, 6) is 4.15. The summed E-state index contributed by atoms with van der Waals surface area (Å²) in [7, 11) is -1.38. The van der Waals surface area contributed by atoms with Crippen molar-refractivity contribution in [2.24, 2.45) is 0 Å². The van der Waals surface area contributed by atoms with Crippen molar-refractivity contribution >= 4 is 53.0 Å². The van der Waals surface area contributed by atoms with Gasteiger partial charge in [-0.25, -0.2) is 25.6 Å². The number of carbonyl (C=O) groups is 1. The van der Waals surface area contributed by atoms with Crippen molar-refractivity contribution in [3.05, 3.63) is 89.0 Å². The van der Waals surface area contributed by atoms with E-state index in [1.54, 1.807) is 0 Å². The van der Waals surface area contributed by atoms with Gasteiger partial charge in [-0.3, -0.25) is 9.52 Å². The molecule has 0 amide bonds. The number of rotatable bonds is 6. The molecule has 0 unspecified atom stereocenters. The third-order valence-electron chi connectivity index (χ3n) is 4.35. The number of sulfonamides is 1. The van der Waals surface area contributed by atoms with E-state index in [9.17, 15) is 30.4 Å². The van der Waals surface area contributed by atoms with Crippen molar-refractivity contribution in [3.8, 4) is 11.8 Å². The summed E-state index contributed by atoms with van der Waals surface area (Å²) in [6.45, 7) is 0. The minimum absolute atomic E-state index is 0.0848. The molecule has 0 aromatic heterocycles. The predicted molar refractivity (Wildman–Crippen MR) is 136 cm³/mol. The van der Waals surface area contributed by atoms with Gasteiger partial charge in [0.05, 0.1) is 34.6 Å². The summed E-state index contributed by atoms with van der Waals surface area (Å²) >= 11 is 5.95. The van der Waals surface area contributed by atoms with E-state index in [-0.39, 0.29) is 34.3 Å². The van der Waals surface area contributed by atoms with Gasteiger partial charge in [0.1, 0.15) is 11.6 Å². The van der Waals surface area contributed by atoms with Crippen LogP contribution < -0.4 is 4.72 Å². The van der Waals surface area contributed by atoms with Gasteiger partial charge >= 0.3 is 5.97 Å². The number of carbonyl (C=O) groups excluding carboxylic acids is 1. The molecule has 3 aromatic carbocycles. The van der Waals surface area contributed by atoms with E-state index in [1.165, 1.54) is 25.3 Å². The van der Waals surface area contributed by atoms with Gasteiger partial charge in [-0.15, -0.1) is 0 Å². The molecular weight excluding hydrogens is 571 g/mol. The Balaban J connectivity index is 0.000000364. The van der Waals surface area contributed by atoms with Crippen molar-refractivity contribution in [3.63, 3.8) is 0 Å². The molecule has 7 nitrogen and oxygen atoms in total. The Morgan fingerprint density at radius 1 is 0.919 bits per heavy atom. The monoisotopic (exact) mass is 589 g/mol. The molecule has 3 aromatic rings. The van der Waals surface area contributed by atoms with E-state index in [0.29, 0.717) is 10.6 Å². The SMILES string of the molecule is COC(=O)CCC#Cc1cc(Cl)ccc1NS(=O)(=O)c1ccc(F)cc1.O=S(=O)(Cl)c1ccc(F)cc1. The number of ether oxygens (including phenoxy) is 1. The third-order valence-corrected chi connectivity index (χ3v) is 7.34. The van der Waals surface area contributed by atoms with Crippen LogP contribution >= 0.6 is 22.3 Å². The molecule has 0 saturated heterocycles. The van der Waals surface area contributed by atoms with Crippen molar-refractivity contribution < 1.29 is 35.1 Å². The zero-order valence-electron chi connectivity index (χ0n) is 19.0. The van der Waals surface area contributed by atoms with Crippen molar-refractivity contribution in [1.82, 2.24) is 0 Å². The molecule has 0 atom stereocenters. The first-order chi connectivity index (χ1) is 17.3. The molecule has 0 saturated carbocycles. The lowest BCUT2D eigenvalue weighted by Gasteiger charge is -2.10. The second kappa shape index (κ2) is 13.4. The topological polar surface area (TPSA) is 107 Å². The molecule has 1 N–H and O–H groups in total. The molecular formula is C24H19Cl2F2NO6S2. The highest BCUT2D eigenvalue weighted by atomic mass is 35.7. The van der Waals surface area contributed by atoms with Gasteiger partial charge in [-0.1, -0.05) is 23.4 Å². The lowest BCUT2D eigenvalue weighted by atomic mass is 10.2. The van der Waals surface area contributed by atoms with Crippen molar-refractivity contribution in [2.75, 3.05) is 11.8 Å². The van der Waals surface area contributed by atoms with Crippen LogP contribution in [0.5, 0.6) is 0 Å². The molecule has 37 heavy (non-hydrogen) atoms. The van der Waals surface area contributed by atoms with Crippen LogP contribution in [-0.2, 0) is 28.6 Å². The van der Waals surface area contributed by atoms with Crippen LogP contribution in [0.25, 0.3) is 0 Å². The maximum absolute atomic E-state index is 13.0. The van der Waals surface area contributed by atoms with Gasteiger partial charge in [0.25, 0.3) is 19.1 Å². The fourth-order valence-corrected chi connectivity index (χ4v) is 4.57. The van der Waals surface area contributed by atoms with Gasteiger partial charge < -0.3 is 4.74 Å². The number of hydrogen-bond donors (Lipinski definition) is 1. The molecule has 0 aliphatic rings. The highest BCUT2D eigenvalue weighted by Gasteiger charge is 2.16. The van der Waals surface area contributed by atoms with Gasteiger partial charge in [-0.05, 0) is 66.7 Å². The zero-order chi connectivity index (χ0) is 27.6. The Morgan fingerprint density at radius 2 is 1.46 bits per heavy atom. The average Bonchev–Trinajstić information content (AvgIpc) is 2.83.